The van der Waals surface area contributed by atoms with E-state index in [2.05, 4.69) is 26.8 Å². The number of piperidine rings is 1. The van der Waals surface area contributed by atoms with Gasteiger partial charge in [-0.15, -0.1) is 0 Å². The summed E-state index contributed by atoms with van der Waals surface area (Å²) in [4.78, 5) is 13.8. The number of methoxy groups -OCH3 is 1. The Bertz CT molecular complexity index is 540. The molecule has 2 atom stereocenters. The van der Waals surface area contributed by atoms with Gasteiger partial charge in [-0.3, -0.25) is 0 Å². The van der Waals surface area contributed by atoms with Crippen LogP contribution in [0.2, 0.25) is 0 Å². The Kier molecular flexibility index (Phi) is 6.03. The van der Waals surface area contributed by atoms with E-state index in [1.807, 2.05) is 0 Å². The van der Waals surface area contributed by atoms with Gasteiger partial charge in [0.1, 0.15) is 12.1 Å². The van der Waals surface area contributed by atoms with Crippen molar-refractivity contribution in [2.45, 2.75) is 25.7 Å². The summed E-state index contributed by atoms with van der Waals surface area (Å²) in [6.45, 7) is 4.90. The Morgan fingerprint density at radius 3 is 2.92 bits per heavy atom. The highest BCUT2D eigenvalue weighted by Gasteiger charge is 2.30. The van der Waals surface area contributed by atoms with Gasteiger partial charge in [0.05, 0.1) is 6.61 Å². The maximum Gasteiger partial charge on any atom is 0.135 e. The molecule has 1 aromatic rings. The van der Waals surface area contributed by atoms with Crippen LogP contribution in [0, 0.1) is 11.8 Å². The van der Waals surface area contributed by atoms with Crippen molar-refractivity contribution in [3.8, 4) is 0 Å². The lowest BCUT2D eigenvalue weighted by Gasteiger charge is -2.40. The predicted molar refractivity (Wildman–Crippen MR) is 94.3 cm³/mol. The Hall–Kier alpha value is -1.24. The van der Waals surface area contributed by atoms with E-state index in [4.69, 9.17) is 4.74 Å². The number of anilines is 1. The van der Waals surface area contributed by atoms with Gasteiger partial charge in [-0.05, 0) is 44.6 Å². The summed E-state index contributed by atoms with van der Waals surface area (Å²) in [6.07, 6.45) is 6.14. The number of aryl methyl sites for hydroxylation is 1. The van der Waals surface area contributed by atoms with Gasteiger partial charge in [0.2, 0.25) is 0 Å². The third-order valence-corrected chi connectivity index (χ3v) is 5.28. The third kappa shape index (κ3) is 4.05. The van der Waals surface area contributed by atoms with E-state index < -0.39 is 0 Å². The Morgan fingerprint density at radius 2 is 2.12 bits per heavy atom. The zero-order chi connectivity index (χ0) is 16.9. The molecule has 0 bridgehead atoms. The first-order valence-electron chi connectivity index (χ1n) is 9.07. The second kappa shape index (κ2) is 8.23. The van der Waals surface area contributed by atoms with Crippen LogP contribution in [0.1, 0.15) is 24.1 Å². The van der Waals surface area contributed by atoms with Crippen LogP contribution in [-0.4, -0.2) is 73.5 Å². The van der Waals surface area contributed by atoms with Crippen molar-refractivity contribution >= 4 is 5.82 Å². The first kappa shape index (κ1) is 17.6. The van der Waals surface area contributed by atoms with E-state index in [1.54, 1.807) is 13.4 Å². The van der Waals surface area contributed by atoms with Crippen molar-refractivity contribution < 1.29 is 9.84 Å². The number of hydrogen-bond donors (Lipinski definition) is 1. The molecule has 1 N–H and O–H groups in total. The summed E-state index contributed by atoms with van der Waals surface area (Å²) in [5, 5.41) is 9.75. The number of likely N-dealkylation sites (N-methyl/N-ethyl adjacent to an activating group) is 1. The summed E-state index contributed by atoms with van der Waals surface area (Å²) in [6, 6.07) is 0. The van der Waals surface area contributed by atoms with E-state index in [0.717, 1.165) is 57.9 Å². The summed E-state index contributed by atoms with van der Waals surface area (Å²) >= 11 is 0. The predicted octanol–water partition coefficient (Wildman–Crippen LogP) is 0.978. The standard InChI is InChI=1S/C18H30N4O2/c1-21(6-7-24-2)9-14-8-15(12-23)11-22(10-14)18-16-4-3-5-17(16)19-13-20-18/h13-15,23H,3-12H2,1-2H3/t14-,15+/m0/s1. The van der Waals surface area contributed by atoms with Crippen molar-refractivity contribution in [2.24, 2.45) is 11.8 Å². The second-order valence-corrected chi connectivity index (χ2v) is 7.29. The molecule has 0 radical (unpaired) electrons. The number of nitrogens with zero attached hydrogens (tertiary/aromatic N) is 4. The summed E-state index contributed by atoms with van der Waals surface area (Å²) < 4.78 is 5.18. The lowest BCUT2D eigenvalue weighted by Crippen LogP contribution is -2.46. The molecular formula is C18H30N4O2. The van der Waals surface area contributed by atoms with Crippen molar-refractivity contribution in [1.82, 2.24) is 14.9 Å². The van der Waals surface area contributed by atoms with E-state index in [0.29, 0.717) is 11.8 Å². The Balaban J connectivity index is 1.70. The van der Waals surface area contributed by atoms with Crippen LogP contribution in [0.5, 0.6) is 0 Å². The van der Waals surface area contributed by atoms with Gasteiger partial charge < -0.3 is 19.6 Å². The van der Waals surface area contributed by atoms with Crippen molar-refractivity contribution in [3.63, 3.8) is 0 Å². The molecule has 1 aliphatic heterocycles. The highest BCUT2D eigenvalue weighted by Crippen LogP contribution is 2.32. The quantitative estimate of drug-likeness (QED) is 0.802. The van der Waals surface area contributed by atoms with Gasteiger partial charge in [-0.1, -0.05) is 0 Å². The second-order valence-electron chi connectivity index (χ2n) is 7.29. The maximum absolute atomic E-state index is 9.75. The number of rotatable bonds is 7. The minimum atomic E-state index is 0.252. The molecule has 1 fully saturated rings. The molecule has 2 aliphatic rings. The van der Waals surface area contributed by atoms with E-state index in [1.165, 1.54) is 17.7 Å². The minimum Gasteiger partial charge on any atom is -0.396 e. The lowest BCUT2D eigenvalue weighted by atomic mass is 9.89. The highest BCUT2D eigenvalue weighted by molar-refractivity contribution is 5.51. The van der Waals surface area contributed by atoms with E-state index in [-0.39, 0.29) is 6.61 Å². The molecule has 0 aromatic carbocycles. The lowest BCUT2D eigenvalue weighted by molar-refractivity contribution is 0.133. The van der Waals surface area contributed by atoms with Gasteiger partial charge in [0.25, 0.3) is 0 Å². The fourth-order valence-electron chi connectivity index (χ4n) is 4.15. The van der Waals surface area contributed by atoms with Crippen LogP contribution in [0.25, 0.3) is 0 Å². The fraction of sp³-hybridized carbons (Fsp3) is 0.778. The molecule has 24 heavy (non-hydrogen) atoms. The van der Waals surface area contributed by atoms with Gasteiger partial charge in [0, 0.05) is 51.2 Å². The molecule has 1 aliphatic carbocycles. The number of aliphatic hydroxyl groups is 1. The number of aliphatic hydroxyl groups excluding tert-OH is 1. The van der Waals surface area contributed by atoms with Crippen LogP contribution in [0.3, 0.4) is 0 Å². The molecule has 0 saturated carbocycles. The Labute approximate surface area is 144 Å². The van der Waals surface area contributed by atoms with Crippen LogP contribution in [-0.2, 0) is 17.6 Å². The molecular weight excluding hydrogens is 304 g/mol. The molecule has 1 aromatic heterocycles. The highest BCUT2D eigenvalue weighted by atomic mass is 16.5. The maximum atomic E-state index is 9.75. The third-order valence-electron chi connectivity index (χ3n) is 5.28. The topological polar surface area (TPSA) is 61.7 Å². The van der Waals surface area contributed by atoms with E-state index in [9.17, 15) is 5.11 Å². The summed E-state index contributed by atoms with van der Waals surface area (Å²) in [5.74, 6) is 1.98. The molecule has 134 valence electrons. The van der Waals surface area contributed by atoms with Crippen LogP contribution < -0.4 is 4.90 Å². The molecule has 6 heteroatoms. The average molecular weight is 334 g/mol. The van der Waals surface area contributed by atoms with Gasteiger partial charge >= 0.3 is 0 Å². The average Bonchev–Trinajstić information content (AvgIpc) is 3.08. The van der Waals surface area contributed by atoms with Gasteiger partial charge in [-0.25, -0.2) is 9.97 Å². The van der Waals surface area contributed by atoms with Crippen molar-refractivity contribution in [2.75, 3.05) is 58.5 Å². The largest absolute Gasteiger partial charge is 0.396 e. The molecule has 0 amide bonds. The monoisotopic (exact) mass is 334 g/mol. The first-order valence-corrected chi connectivity index (χ1v) is 9.07. The number of fused-ring (bicyclic) bond motifs is 1. The molecule has 3 rings (SSSR count). The smallest absolute Gasteiger partial charge is 0.135 e. The number of hydrogen-bond acceptors (Lipinski definition) is 6. The number of aromatic nitrogens is 2. The van der Waals surface area contributed by atoms with Crippen LogP contribution >= 0.6 is 0 Å². The molecule has 1 saturated heterocycles. The molecule has 2 heterocycles. The SMILES string of the molecule is COCCN(C)C[C@@H]1C[C@@H](CO)CN(c2ncnc3c2CCC3)C1. The van der Waals surface area contributed by atoms with Crippen molar-refractivity contribution in [3.05, 3.63) is 17.6 Å². The van der Waals surface area contributed by atoms with Crippen LogP contribution in [0.4, 0.5) is 5.82 Å². The van der Waals surface area contributed by atoms with Crippen molar-refractivity contribution in [1.29, 1.82) is 0 Å². The van der Waals surface area contributed by atoms with Gasteiger partial charge in [0.15, 0.2) is 0 Å². The Morgan fingerprint density at radius 1 is 1.29 bits per heavy atom. The van der Waals surface area contributed by atoms with Crippen LogP contribution in [0.15, 0.2) is 6.33 Å². The van der Waals surface area contributed by atoms with Gasteiger partial charge in [-0.2, -0.15) is 0 Å². The molecule has 0 spiro atoms. The zero-order valence-corrected chi connectivity index (χ0v) is 14.9. The first-order chi connectivity index (χ1) is 11.7. The molecule has 6 nitrogen and oxygen atoms in total. The summed E-state index contributed by atoms with van der Waals surface area (Å²) in [5.41, 5.74) is 2.56. The fourth-order valence-corrected chi connectivity index (χ4v) is 4.15. The molecule has 0 unspecified atom stereocenters. The summed E-state index contributed by atoms with van der Waals surface area (Å²) in [7, 11) is 3.89. The zero-order valence-electron chi connectivity index (χ0n) is 14.9. The minimum absolute atomic E-state index is 0.252. The normalized spacial score (nSPS) is 23.8. The van der Waals surface area contributed by atoms with E-state index >= 15 is 0 Å². The number of ether oxygens (including phenoxy) is 1.